The number of esters is 1. The lowest BCUT2D eigenvalue weighted by atomic mass is 9.97. The Labute approximate surface area is 255 Å². The molecule has 0 aliphatic heterocycles. The van der Waals surface area contributed by atoms with Crippen LogP contribution in [-0.4, -0.2) is 23.7 Å². The summed E-state index contributed by atoms with van der Waals surface area (Å²) >= 11 is 0. The van der Waals surface area contributed by atoms with Crippen molar-refractivity contribution >= 4 is 11.9 Å². The lowest BCUT2D eigenvalue weighted by Crippen LogP contribution is -2.21. The van der Waals surface area contributed by atoms with Crippen molar-refractivity contribution < 1.29 is 19.4 Å². The Bertz CT molecular complexity index is 585. The van der Waals surface area contributed by atoms with Gasteiger partial charge in [-0.15, -0.1) is 0 Å². The molecule has 242 valence electrons. The van der Waals surface area contributed by atoms with Crippen LogP contribution in [0.2, 0.25) is 0 Å². The fourth-order valence-corrected chi connectivity index (χ4v) is 5.59. The van der Waals surface area contributed by atoms with Crippen LogP contribution in [0.3, 0.4) is 0 Å². The van der Waals surface area contributed by atoms with Crippen molar-refractivity contribution in [3.05, 3.63) is 12.2 Å². The highest BCUT2D eigenvalue weighted by Crippen LogP contribution is 2.18. The van der Waals surface area contributed by atoms with Crippen molar-refractivity contribution in [2.75, 3.05) is 6.61 Å². The van der Waals surface area contributed by atoms with E-state index >= 15 is 0 Å². The van der Waals surface area contributed by atoms with Crippen LogP contribution in [0.25, 0.3) is 0 Å². The molecule has 0 heterocycles. The molecule has 0 saturated heterocycles. The molecule has 0 amide bonds. The highest BCUT2D eigenvalue weighted by Gasteiger charge is 2.22. The molecule has 0 aromatic rings. The predicted octanol–water partition coefficient (Wildman–Crippen LogP) is 12.1. The Kier molecular flexibility index (Phi) is 32.1. The highest BCUT2D eigenvalue weighted by atomic mass is 16.5. The number of aliphatic carboxylic acids is 1. The zero-order chi connectivity index (χ0) is 30.1. The molecule has 0 rings (SSSR count). The molecule has 1 unspecified atom stereocenters. The maximum absolute atomic E-state index is 12.0. The van der Waals surface area contributed by atoms with Crippen LogP contribution in [0.5, 0.6) is 0 Å². The van der Waals surface area contributed by atoms with Crippen molar-refractivity contribution in [1.82, 2.24) is 0 Å². The Morgan fingerprint density at radius 2 is 0.902 bits per heavy atom. The second kappa shape index (κ2) is 33.2. The van der Waals surface area contributed by atoms with Crippen LogP contribution < -0.4 is 0 Å². The number of carbonyl (C=O) groups is 2. The van der Waals surface area contributed by atoms with Crippen molar-refractivity contribution in [1.29, 1.82) is 0 Å². The number of hydrogen-bond acceptors (Lipinski definition) is 3. The summed E-state index contributed by atoms with van der Waals surface area (Å²) in [6.07, 6.45) is 41.0. The molecule has 1 atom stereocenters. The SMILES string of the molecule is CCCCCCCCCCCCCC/C=C/CCCCCCCCCCCCCCC(CC(=O)O)C(=O)OCCC. The predicted molar refractivity (Wildman–Crippen MR) is 176 cm³/mol. The maximum atomic E-state index is 12.0. The molecular weight excluding hydrogens is 508 g/mol. The fraction of sp³-hybridized carbons (Fsp3) is 0.892. The summed E-state index contributed by atoms with van der Waals surface area (Å²) in [5.74, 6) is -1.74. The van der Waals surface area contributed by atoms with Gasteiger partial charge in [0.1, 0.15) is 0 Å². The van der Waals surface area contributed by atoms with Crippen LogP contribution in [0, 0.1) is 5.92 Å². The van der Waals surface area contributed by atoms with Crippen molar-refractivity contribution in [3.8, 4) is 0 Å². The molecule has 0 aromatic heterocycles. The van der Waals surface area contributed by atoms with Gasteiger partial charge in [0.05, 0.1) is 18.9 Å². The third-order valence-electron chi connectivity index (χ3n) is 8.27. The van der Waals surface area contributed by atoms with E-state index in [9.17, 15) is 9.59 Å². The number of allylic oxidation sites excluding steroid dienone is 2. The molecule has 0 aromatic carbocycles. The van der Waals surface area contributed by atoms with E-state index in [1.165, 1.54) is 154 Å². The Balaban J connectivity index is 3.34. The van der Waals surface area contributed by atoms with E-state index in [-0.39, 0.29) is 12.4 Å². The van der Waals surface area contributed by atoms with E-state index in [4.69, 9.17) is 9.84 Å². The molecule has 0 aliphatic carbocycles. The number of unbranched alkanes of at least 4 members (excludes halogenated alkanes) is 24. The molecule has 4 heteroatoms. The second-order valence-corrected chi connectivity index (χ2v) is 12.4. The van der Waals surface area contributed by atoms with Gasteiger partial charge >= 0.3 is 11.9 Å². The zero-order valence-electron chi connectivity index (χ0n) is 27.6. The summed E-state index contributed by atoms with van der Waals surface area (Å²) in [6, 6.07) is 0. The number of carboxylic acid groups (broad SMARTS) is 1. The summed E-state index contributed by atoms with van der Waals surface area (Å²) in [7, 11) is 0. The lowest BCUT2D eigenvalue weighted by molar-refractivity contribution is -0.153. The third kappa shape index (κ3) is 31.4. The van der Waals surface area contributed by atoms with E-state index in [2.05, 4.69) is 19.1 Å². The molecule has 0 spiro atoms. The van der Waals surface area contributed by atoms with Crippen LogP contribution in [-0.2, 0) is 14.3 Å². The van der Waals surface area contributed by atoms with Gasteiger partial charge in [-0.2, -0.15) is 0 Å². The summed E-state index contributed by atoms with van der Waals surface area (Å²) in [6.45, 7) is 4.62. The fourth-order valence-electron chi connectivity index (χ4n) is 5.59. The lowest BCUT2D eigenvalue weighted by Gasteiger charge is -2.13. The summed E-state index contributed by atoms with van der Waals surface area (Å²) < 4.78 is 5.16. The minimum atomic E-state index is -0.916. The zero-order valence-corrected chi connectivity index (χ0v) is 27.6. The molecular formula is C37H70O4. The Hall–Kier alpha value is -1.32. The number of carboxylic acids is 1. The molecule has 1 N–H and O–H groups in total. The minimum Gasteiger partial charge on any atom is -0.481 e. The topological polar surface area (TPSA) is 63.6 Å². The number of carbonyl (C=O) groups excluding carboxylic acids is 1. The first-order valence-corrected chi connectivity index (χ1v) is 18.1. The normalized spacial score (nSPS) is 12.2. The van der Waals surface area contributed by atoms with Crippen molar-refractivity contribution in [2.24, 2.45) is 5.92 Å². The van der Waals surface area contributed by atoms with E-state index in [1.807, 2.05) is 6.92 Å². The average molecular weight is 579 g/mol. The van der Waals surface area contributed by atoms with Gasteiger partial charge in [-0.05, 0) is 38.5 Å². The van der Waals surface area contributed by atoms with Gasteiger partial charge in [-0.25, -0.2) is 0 Å². The molecule has 0 aliphatic rings. The molecule has 0 radical (unpaired) electrons. The van der Waals surface area contributed by atoms with E-state index < -0.39 is 11.9 Å². The third-order valence-corrected chi connectivity index (χ3v) is 8.27. The van der Waals surface area contributed by atoms with Crippen LogP contribution >= 0.6 is 0 Å². The van der Waals surface area contributed by atoms with E-state index in [0.29, 0.717) is 13.0 Å². The molecule has 4 nitrogen and oxygen atoms in total. The van der Waals surface area contributed by atoms with Crippen molar-refractivity contribution in [2.45, 2.75) is 200 Å². The van der Waals surface area contributed by atoms with Crippen molar-refractivity contribution in [3.63, 3.8) is 0 Å². The quantitative estimate of drug-likeness (QED) is 0.0478. The van der Waals surface area contributed by atoms with Gasteiger partial charge in [-0.1, -0.05) is 167 Å². The molecule has 41 heavy (non-hydrogen) atoms. The first kappa shape index (κ1) is 39.7. The largest absolute Gasteiger partial charge is 0.481 e. The van der Waals surface area contributed by atoms with Gasteiger partial charge in [0.15, 0.2) is 0 Å². The van der Waals surface area contributed by atoms with Crippen LogP contribution in [0.15, 0.2) is 12.2 Å². The first-order valence-electron chi connectivity index (χ1n) is 18.1. The Morgan fingerprint density at radius 3 is 1.27 bits per heavy atom. The van der Waals surface area contributed by atoms with Crippen LogP contribution in [0.4, 0.5) is 0 Å². The summed E-state index contributed by atoms with van der Waals surface area (Å²) in [5.41, 5.74) is 0. The number of ether oxygens (including phenoxy) is 1. The molecule has 0 bridgehead atoms. The van der Waals surface area contributed by atoms with Gasteiger partial charge in [0.25, 0.3) is 0 Å². The van der Waals surface area contributed by atoms with Crippen LogP contribution in [0.1, 0.15) is 200 Å². The monoisotopic (exact) mass is 579 g/mol. The Morgan fingerprint density at radius 1 is 0.537 bits per heavy atom. The maximum Gasteiger partial charge on any atom is 0.309 e. The number of hydrogen-bond donors (Lipinski definition) is 1. The van der Waals surface area contributed by atoms with Gasteiger partial charge in [0.2, 0.25) is 0 Å². The van der Waals surface area contributed by atoms with E-state index in [0.717, 1.165) is 19.3 Å². The minimum absolute atomic E-state index is 0.112. The van der Waals surface area contributed by atoms with Gasteiger partial charge in [0, 0.05) is 0 Å². The first-order chi connectivity index (χ1) is 20.1. The van der Waals surface area contributed by atoms with E-state index in [1.54, 1.807) is 0 Å². The average Bonchev–Trinajstić information content (AvgIpc) is 2.96. The molecule has 0 fully saturated rings. The van der Waals surface area contributed by atoms with Gasteiger partial charge in [-0.3, -0.25) is 9.59 Å². The molecule has 0 saturated carbocycles. The highest BCUT2D eigenvalue weighted by molar-refractivity contribution is 5.79. The summed E-state index contributed by atoms with van der Waals surface area (Å²) in [5, 5.41) is 9.05. The smallest absolute Gasteiger partial charge is 0.309 e. The standard InChI is InChI=1S/C37H70O4/c1-3-5-6-7-8-9-10-11-12-13-14-15-16-17-18-19-20-21-22-23-24-25-26-27-28-29-30-31-32-35(34-36(38)39)37(40)41-33-4-2/h17-18,35H,3-16,19-34H2,1-2H3,(H,38,39)/b18-17+. The second-order valence-electron chi connectivity index (χ2n) is 12.4. The summed E-state index contributed by atoms with van der Waals surface area (Å²) in [4.78, 5) is 23.1. The number of rotatable bonds is 33. The van der Waals surface area contributed by atoms with Gasteiger partial charge < -0.3 is 9.84 Å².